The van der Waals surface area contributed by atoms with Crippen LogP contribution in [0.5, 0.6) is 5.75 Å². The molecule has 0 amide bonds. The van der Waals surface area contributed by atoms with Crippen LogP contribution in [0.2, 0.25) is 0 Å². The third-order valence-corrected chi connectivity index (χ3v) is 7.74. The Bertz CT molecular complexity index is 1120. The molecule has 0 saturated carbocycles. The van der Waals surface area contributed by atoms with Gasteiger partial charge in [0.1, 0.15) is 18.5 Å². The molecule has 3 aromatic carbocycles. The quantitative estimate of drug-likeness (QED) is 0.103. The monoisotopic (exact) mass is 556 g/mol. The fraction of sp³-hybridized carbons (Fsp3) is 0.500. The molecule has 0 bridgehead atoms. The van der Waals surface area contributed by atoms with E-state index in [2.05, 4.69) is 86.6 Å². The number of carbonyl (C=O) groups excluding carboxylic acids is 1. The summed E-state index contributed by atoms with van der Waals surface area (Å²) in [6.07, 6.45) is 15.6. The van der Waals surface area contributed by atoms with Crippen molar-refractivity contribution in [2.75, 3.05) is 6.61 Å². The Hall–Kier alpha value is -3.07. The second-order valence-electron chi connectivity index (χ2n) is 11.4. The molecule has 0 radical (unpaired) electrons. The molecule has 0 aliphatic carbocycles. The number of aryl methyl sites for hydroxylation is 3. The third kappa shape index (κ3) is 12.5. The highest BCUT2D eigenvalue weighted by atomic mass is 16.6. The Morgan fingerprint density at radius 3 is 2.00 bits per heavy atom. The highest BCUT2D eigenvalue weighted by Crippen LogP contribution is 2.25. The van der Waals surface area contributed by atoms with Crippen LogP contribution in [0.3, 0.4) is 0 Å². The summed E-state index contributed by atoms with van der Waals surface area (Å²) in [4.78, 5) is 12.1. The first-order valence-electron chi connectivity index (χ1n) is 16.2. The molecule has 3 aromatic rings. The van der Waals surface area contributed by atoms with Crippen LogP contribution >= 0.6 is 0 Å². The van der Waals surface area contributed by atoms with Gasteiger partial charge in [0.15, 0.2) is 0 Å². The molecule has 3 nitrogen and oxygen atoms in total. The highest BCUT2D eigenvalue weighted by molar-refractivity contribution is 5.69. The number of benzene rings is 3. The average Bonchev–Trinajstić information content (AvgIpc) is 3.00. The lowest BCUT2D eigenvalue weighted by Gasteiger charge is -2.18. The van der Waals surface area contributed by atoms with Gasteiger partial charge in [0.25, 0.3) is 0 Å². The Balaban J connectivity index is 1.58. The highest BCUT2D eigenvalue weighted by Gasteiger charge is 2.13. The molecule has 1 unspecified atom stereocenters. The largest absolute Gasteiger partial charge is 0.489 e. The molecule has 0 aromatic heterocycles. The van der Waals surface area contributed by atoms with Crippen molar-refractivity contribution in [3.63, 3.8) is 0 Å². The van der Waals surface area contributed by atoms with Gasteiger partial charge >= 0.3 is 5.97 Å². The van der Waals surface area contributed by atoms with Crippen molar-refractivity contribution in [2.24, 2.45) is 0 Å². The predicted octanol–water partition coefficient (Wildman–Crippen LogP) is 10.3. The fourth-order valence-corrected chi connectivity index (χ4v) is 5.18. The SMILES string of the molecule is CCCCCCCCCCc1ccc(CCc2ccc(-c3ccccc3)cc2)c(OCC(C)OC(=O)CCCC)c1. The molecular weight excluding hydrogens is 504 g/mol. The molecule has 222 valence electrons. The molecular formula is C38H52O3. The van der Waals surface area contributed by atoms with E-state index in [1.54, 1.807) is 0 Å². The Morgan fingerprint density at radius 2 is 1.29 bits per heavy atom. The third-order valence-electron chi connectivity index (χ3n) is 7.74. The summed E-state index contributed by atoms with van der Waals surface area (Å²) in [5, 5.41) is 0. The van der Waals surface area contributed by atoms with Crippen molar-refractivity contribution in [2.45, 2.75) is 117 Å². The molecule has 41 heavy (non-hydrogen) atoms. The van der Waals surface area contributed by atoms with Gasteiger partial charge in [0.2, 0.25) is 0 Å². The molecule has 0 aliphatic heterocycles. The number of hydrogen-bond acceptors (Lipinski definition) is 3. The van der Waals surface area contributed by atoms with Crippen LogP contribution in [0, 0.1) is 0 Å². The molecule has 0 heterocycles. The van der Waals surface area contributed by atoms with Crippen molar-refractivity contribution in [3.05, 3.63) is 89.5 Å². The van der Waals surface area contributed by atoms with Gasteiger partial charge in [0.05, 0.1) is 0 Å². The van der Waals surface area contributed by atoms with Crippen LogP contribution < -0.4 is 4.74 Å². The van der Waals surface area contributed by atoms with E-state index in [-0.39, 0.29) is 12.1 Å². The minimum absolute atomic E-state index is 0.134. The number of unbranched alkanes of at least 4 members (excludes halogenated alkanes) is 8. The van der Waals surface area contributed by atoms with E-state index in [0.717, 1.165) is 37.9 Å². The number of carbonyl (C=O) groups is 1. The van der Waals surface area contributed by atoms with Crippen molar-refractivity contribution in [1.82, 2.24) is 0 Å². The maximum atomic E-state index is 12.1. The van der Waals surface area contributed by atoms with Crippen LogP contribution in [0.4, 0.5) is 0 Å². The first-order valence-corrected chi connectivity index (χ1v) is 16.2. The van der Waals surface area contributed by atoms with Gasteiger partial charge in [-0.15, -0.1) is 0 Å². The first-order chi connectivity index (χ1) is 20.1. The number of ether oxygens (including phenoxy) is 2. The second-order valence-corrected chi connectivity index (χ2v) is 11.4. The summed E-state index contributed by atoms with van der Waals surface area (Å²) in [6, 6.07) is 26.1. The first kappa shape index (κ1) is 32.4. The molecule has 3 rings (SSSR count). The van der Waals surface area contributed by atoms with E-state index < -0.39 is 0 Å². The van der Waals surface area contributed by atoms with Crippen molar-refractivity contribution in [1.29, 1.82) is 0 Å². The van der Waals surface area contributed by atoms with E-state index in [9.17, 15) is 4.79 Å². The summed E-state index contributed by atoms with van der Waals surface area (Å²) >= 11 is 0. The van der Waals surface area contributed by atoms with Crippen molar-refractivity contribution in [3.8, 4) is 16.9 Å². The lowest BCUT2D eigenvalue weighted by atomic mass is 9.98. The zero-order valence-corrected chi connectivity index (χ0v) is 25.8. The van der Waals surface area contributed by atoms with E-state index in [4.69, 9.17) is 9.47 Å². The van der Waals surface area contributed by atoms with Crippen LogP contribution in [-0.2, 0) is 28.8 Å². The van der Waals surface area contributed by atoms with Crippen LogP contribution in [0.25, 0.3) is 11.1 Å². The standard InChI is InChI=1S/C38H52O3/c1-4-6-8-9-10-11-12-14-17-33-24-28-36(37(29-33)40-30-31(3)41-38(39)20-7-5-2)27-23-32-21-25-35(26-22-32)34-18-15-13-16-19-34/h13,15-16,18-19,21-22,24-26,28-29,31H,4-12,14,17,20,23,27,30H2,1-3H3. The topological polar surface area (TPSA) is 35.5 Å². The van der Waals surface area contributed by atoms with E-state index in [1.165, 1.54) is 79.2 Å². The Labute approximate surface area is 249 Å². The van der Waals surface area contributed by atoms with E-state index in [0.29, 0.717) is 13.0 Å². The maximum absolute atomic E-state index is 12.1. The van der Waals surface area contributed by atoms with Gasteiger partial charge in [-0.2, -0.15) is 0 Å². The van der Waals surface area contributed by atoms with Crippen LogP contribution in [-0.4, -0.2) is 18.7 Å². The maximum Gasteiger partial charge on any atom is 0.306 e. The molecule has 0 N–H and O–H groups in total. The van der Waals surface area contributed by atoms with Gasteiger partial charge < -0.3 is 9.47 Å². The fourth-order valence-electron chi connectivity index (χ4n) is 5.18. The normalized spacial score (nSPS) is 11.8. The lowest BCUT2D eigenvalue weighted by molar-refractivity contribution is -0.149. The van der Waals surface area contributed by atoms with E-state index >= 15 is 0 Å². The van der Waals surface area contributed by atoms with Crippen molar-refractivity contribution >= 4 is 5.97 Å². The molecule has 0 aliphatic rings. The number of esters is 1. The lowest BCUT2D eigenvalue weighted by Crippen LogP contribution is -2.22. The molecule has 3 heteroatoms. The number of rotatable bonds is 20. The summed E-state index contributed by atoms with van der Waals surface area (Å²) in [5.74, 6) is 0.796. The smallest absolute Gasteiger partial charge is 0.306 e. The van der Waals surface area contributed by atoms with Gasteiger partial charge in [0, 0.05) is 6.42 Å². The van der Waals surface area contributed by atoms with Gasteiger partial charge in [-0.05, 0) is 72.9 Å². The minimum Gasteiger partial charge on any atom is -0.489 e. The Morgan fingerprint density at radius 1 is 0.659 bits per heavy atom. The summed E-state index contributed by atoms with van der Waals surface area (Å²) in [7, 11) is 0. The summed E-state index contributed by atoms with van der Waals surface area (Å²) < 4.78 is 11.9. The van der Waals surface area contributed by atoms with E-state index in [1.807, 2.05) is 6.92 Å². The molecule has 0 saturated heterocycles. The number of hydrogen-bond donors (Lipinski definition) is 0. The average molecular weight is 557 g/mol. The van der Waals surface area contributed by atoms with Crippen LogP contribution in [0.15, 0.2) is 72.8 Å². The van der Waals surface area contributed by atoms with Gasteiger partial charge in [-0.25, -0.2) is 0 Å². The van der Waals surface area contributed by atoms with Gasteiger partial charge in [-0.3, -0.25) is 4.79 Å². The Kier molecular flexibility index (Phi) is 15.1. The predicted molar refractivity (Wildman–Crippen MR) is 173 cm³/mol. The molecule has 0 fully saturated rings. The van der Waals surface area contributed by atoms with Gasteiger partial charge in [-0.1, -0.05) is 132 Å². The van der Waals surface area contributed by atoms with Crippen molar-refractivity contribution < 1.29 is 14.3 Å². The minimum atomic E-state index is -0.269. The summed E-state index contributed by atoms with van der Waals surface area (Å²) in [5.41, 5.74) is 6.34. The molecule has 0 spiro atoms. The zero-order chi connectivity index (χ0) is 29.1. The van der Waals surface area contributed by atoms with Crippen LogP contribution in [0.1, 0.15) is 108 Å². The second kappa shape index (κ2) is 19.1. The zero-order valence-electron chi connectivity index (χ0n) is 25.8. The summed E-state index contributed by atoms with van der Waals surface area (Å²) in [6.45, 7) is 6.65. The molecule has 1 atom stereocenters.